The molecule has 0 rings (SSSR count). The molecule has 0 radical (unpaired) electrons. The van der Waals surface area contributed by atoms with Gasteiger partial charge in [-0.25, -0.2) is 0 Å². The molecule has 0 aliphatic rings. The molecule has 0 aromatic heterocycles. The van der Waals surface area contributed by atoms with Crippen LogP contribution in [-0.4, -0.2) is 40.0 Å². The summed E-state index contributed by atoms with van der Waals surface area (Å²) in [5.74, 6) is 0.0588. The number of nitrogens with two attached hydrogens (primary N) is 1. The summed E-state index contributed by atoms with van der Waals surface area (Å²) in [5, 5.41) is 3.08. The summed E-state index contributed by atoms with van der Waals surface area (Å²) < 4.78 is 0. The first kappa shape index (κ1) is 18.3. The molecule has 19 heavy (non-hydrogen) atoms. The molecule has 0 aromatic carbocycles. The van der Waals surface area contributed by atoms with Crippen LogP contribution in [0.1, 0.15) is 54.4 Å². The van der Waals surface area contributed by atoms with Crippen molar-refractivity contribution in [3.05, 3.63) is 0 Å². The van der Waals surface area contributed by atoms with E-state index in [1.54, 1.807) is 0 Å². The van der Waals surface area contributed by atoms with E-state index >= 15 is 0 Å². The molecule has 0 saturated heterocycles. The number of nitrogens with one attached hydrogen (secondary N) is 1. The summed E-state index contributed by atoms with van der Waals surface area (Å²) in [6.45, 7) is 12.9. The van der Waals surface area contributed by atoms with E-state index in [0.29, 0.717) is 18.0 Å². The molecule has 0 aliphatic heterocycles. The van der Waals surface area contributed by atoms with Crippen LogP contribution in [0.4, 0.5) is 0 Å². The van der Waals surface area contributed by atoms with Gasteiger partial charge >= 0.3 is 0 Å². The van der Waals surface area contributed by atoms with Crippen LogP contribution in [0.15, 0.2) is 0 Å². The fourth-order valence-corrected chi connectivity index (χ4v) is 1.91. The van der Waals surface area contributed by atoms with Crippen molar-refractivity contribution in [1.29, 1.82) is 0 Å². The van der Waals surface area contributed by atoms with Gasteiger partial charge in [-0.05, 0) is 41.0 Å². The van der Waals surface area contributed by atoms with E-state index in [-0.39, 0.29) is 23.5 Å². The molecule has 0 heterocycles. The van der Waals surface area contributed by atoms with Gasteiger partial charge in [0, 0.05) is 24.5 Å². The first-order valence-electron chi connectivity index (χ1n) is 6.96. The summed E-state index contributed by atoms with van der Waals surface area (Å²) >= 11 is 4.91. The lowest BCUT2D eigenvalue weighted by molar-refractivity contribution is -0.128. The molecular formula is C14H29N3OS. The zero-order valence-electron chi connectivity index (χ0n) is 13.1. The quantitative estimate of drug-likeness (QED) is 0.671. The largest absolute Gasteiger partial charge is 0.393 e. The Morgan fingerprint density at radius 2 is 1.89 bits per heavy atom. The lowest BCUT2D eigenvalue weighted by Gasteiger charge is -2.34. The number of carbonyl (C=O) groups excluding carboxylic acids is 1. The van der Waals surface area contributed by atoms with Crippen molar-refractivity contribution in [2.75, 3.05) is 6.54 Å². The van der Waals surface area contributed by atoms with Gasteiger partial charge in [-0.1, -0.05) is 19.1 Å². The molecule has 0 aliphatic carbocycles. The van der Waals surface area contributed by atoms with Crippen LogP contribution in [0.2, 0.25) is 0 Å². The van der Waals surface area contributed by atoms with Crippen LogP contribution >= 0.6 is 12.2 Å². The number of hydrogen-bond acceptors (Lipinski definition) is 3. The van der Waals surface area contributed by atoms with Crippen LogP contribution in [0.5, 0.6) is 0 Å². The third-order valence-corrected chi connectivity index (χ3v) is 3.71. The summed E-state index contributed by atoms with van der Waals surface area (Å²) in [7, 11) is 0. The van der Waals surface area contributed by atoms with Crippen molar-refractivity contribution in [2.24, 2.45) is 5.73 Å². The average Bonchev–Trinajstić information content (AvgIpc) is 2.27. The van der Waals surface area contributed by atoms with E-state index in [0.717, 1.165) is 6.42 Å². The first-order chi connectivity index (χ1) is 8.60. The Kier molecular flexibility index (Phi) is 7.52. The van der Waals surface area contributed by atoms with Gasteiger partial charge in [0.2, 0.25) is 5.91 Å². The third-order valence-electron chi connectivity index (χ3n) is 3.50. The van der Waals surface area contributed by atoms with Crippen LogP contribution in [0.25, 0.3) is 0 Å². The minimum Gasteiger partial charge on any atom is -0.393 e. The minimum absolute atomic E-state index is 0.0588. The highest BCUT2D eigenvalue weighted by Gasteiger charge is 2.27. The van der Waals surface area contributed by atoms with Gasteiger partial charge in [-0.3, -0.25) is 9.69 Å². The average molecular weight is 287 g/mol. The van der Waals surface area contributed by atoms with Gasteiger partial charge in [-0.2, -0.15) is 0 Å². The molecule has 0 fully saturated rings. The van der Waals surface area contributed by atoms with Crippen molar-refractivity contribution in [3.8, 4) is 0 Å². The summed E-state index contributed by atoms with van der Waals surface area (Å²) in [5.41, 5.74) is 5.38. The van der Waals surface area contributed by atoms with Gasteiger partial charge in [0.05, 0.1) is 11.0 Å². The Balaban J connectivity index is 4.66. The summed E-state index contributed by atoms with van der Waals surface area (Å²) in [6.07, 6.45) is 1.54. The van der Waals surface area contributed by atoms with E-state index in [1.165, 1.54) is 0 Å². The number of carbonyl (C=O) groups is 1. The maximum absolute atomic E-state index is 12.3. The normalized spacial score (nSPS) is 13.7. The zero-order valence-corrected chi connectivity index (χ0v) is 13.9. The summed E-state index contributed by atoms with van der Waals surface area (Å²) in [4.78, 5) is 14.9. The predicted octanol–water partition coefficient (Wildman–Crippen LogP) is 2.07. The molecule has 1 unspecified atom stereocenters. The lowest BCUT2D eigenvalue weighted by atomic mass is 10.0. The zero-order chi connectivity index (χ0) is 15.2. The maximum atomic E-state index is 12.3. The molecule has 1 atom stereocenters. The standard InChI is InChI=1S/C14H29N3OS/c1-7-14(5,6)16-13(18)11(4)17(10(2)3)9-8-12(15)19/h10-11H,7-9H2,1-6H3,(H2,15,19)(H,16,18). The number of nitrogens with zero attached hydrogens (tertiary/aromatic N) is 1. The molecule has 112 valence electrons. The molecule has 0 bridgehead atoms. The van der Waals surface area contributed by atoms with E-state index in [1.807, 2.05) is 20.8 Å². The van der Waals surface area contributed by atoms with Crippen LogP contribution < -0.4 is 11.1 Å². The second-order valence-electron chi connectivity index (χ2n) is 5.95. The molecule has 0 spiro atoms. The van der Waals surface area contributed by atoms with Crippen molar-refractivity contribution in [3.63, 3.8) is 0 Å². The monoisotopic (exact) mass is 287 g/mol. The highest BCUT2D eigenvalue weighted by molar-refractivity contribution is 7.80. The van der Waals surface area contributed by atoms with E-state index < -0.39 is 0 Å². The number of amides is 1. The Morgan fingerprint density at radius 3 is 2.26 bits per heavy atom. The highest BCUT2D eigenvalue weighted by Crippen LogP contribution is 2.11. The molecule has 3 N–H and O–H groups in total. The van der Waals surface area contributed by atoms with Gasteiger partial charge < -0.3 is 11.1 Å². The Bertz CT molecular complexity index is 316. The first-order valence-corrected chi connectivity index (χ1v) is 7.37. The van der Waals surface area contributed by atoms with Crippen LogP contribution in [0, 0.1) is 0 Å². The second-order valence-corrected chi connectivity index (χ2v) is 6.47. The second kappa shape index (κ2) is 7.80. The summed E-state index contributed by atoms with van der Waals surface area (Å²) in [6, 6.07) is 0.0972. The Labute approximate surface area is 123 Å². The van der Waals surface area contributed by atoms with Crippen molar-refractivity contribution in [2.45, 2.75) is 72.0 Å². The topological polar surface area (TPSA) is 58.4 Å². The number of hydrogen-bond donors (Lipinski definition) is 2. The Morgan fingerprint density at radius 1 is 1.37 bits per heavy atom. The third kappa shape index (κ3) is 6.87. The molecule has 5 heteroatoms. The highest BCUT2D eigenvalue weighted by atomic mass is 32.1. The van der Waals surface area contributed by atoms with Gasteiger partial charge in [0.25, 0.3) is 0 Å². The fraction of sp³-hybridized carbons (Fsp3) is 0.857. The molecular weight excluding hydrogens is 258 g/mol. The lowest BCUT2D eigenvalue weighted by Crippen LogP contribution is -2.53. The van der Waals surface area contributed by atoms with Crippen molar-refractivity contribution in [1.82, 2.24) is 10.2 Å². The maximum Gasteiger partial charge on any atom is 0.237 e. The van der Waals surface area contributed by atoms with Gasteiger partial charge in [0.15, 0.2) is 0 Å². The van der Waals surface area contributed by atoms with Crippen molar-refractivity contribution < 1.29 is 4.79 Å². The minimum atomic E-state index is -0.180. The number of thiocarbonyl (C=S) groups is 1. The van der Waals surface area contributed by atoms with E-state index in [2.05, 4.69) is 31.0 Å². The molecule has 0 aromatic rings. The van der Waals surface area contributed by atoms with E-state index in [9.17, 15) is 4.79 Å². The molecule has 4 nitrogen and oxygen atoms in total. The Hall–Kier alpha value is -0.680. The number of rotatable bonds is 8. The van der Waals surface area contributed by atoms with Gasteiger partial charge in [0.1, 0.15) is 0 Å². The van der Waals surface area contributed by atoms with Crippen LogP contribution in [-0.2, 0) is 4.79 Å². The molecule has 0 saturated carbocycles. The van der Waals surface area contributed by atoms with Crippen LogP contribution in [0.3, 0.4) is 0 Å². The fourth-order valence-electron chi connectivity index (χ4n) is 1.82. The molecule has 1 amide bonds. The smallest absolute Gasteiger partial charge is 0.237 e. The van der Waals surface area contributed by atoms with Gasteiger partial charge in [-0.15, -0.1) is 0 Å². The van der Waals surface area contributed by atoms with E-state index in [4.69, 9.17) is 18.0 Å². The van der Waals surface area contributed by atoms with Crippen molar-refractivity contribution >= 4 is 23.1 Å². The predicted molar refractivity (Wildman–Crippen MR) is 85.2 cm³/mol. The SMILES string of the molecule is CCC(C)(C)NC(=O)C(C)N(CCC(N)=S)C(C)C.